The van der Waals surface area contributed by atoms with Crippen LogP contribution in [0.4, 0.5) is 13.2 Å². The normalized spacial score (nSPS) is 17.0. The SMILES string of the molecule is CC(=O)c1c(C)[nH]c(C(=O)COC(=O)[C@@H]2CCCN2C=CC(=O)C(F)(F)F)c1C. The summed E-state index contributed by atoms with van der Waals surface area (Å²) in [6.45, 7) is 4.34. The molecular formula is C19H21F3N2O5. The highest BCUT2D eigenvalue weighted by molar-refractivity contribution is 6.04. The first-order valence-electron chi connectivity index (χ1n) is 8.88. The Bertz CT molecular complexity index is 870. The molecule has 0 saturated carbocycles. The maximum atomic E-state index is 12.4. The number of carbonyl (C=O) groups excluding carboxylic acids is 4. The molecule has 0 aliphatic carbocycles. The number of Topliss-reactive ketones (excluding diaryl/α,β-unsaturated/α-hetero) is 2. The van der Waals surface area contributed by atoms with Gasteiger partial charge in [-0.3, -0.25) is 14.4 Å². The lowest BCUT2D eigenvalue weighted by Gasteiger charge is -2.21. The second-order valence-corrected chi connectivity index (χ2v) is 6.79. The van der Waals surface area contributed by atoms with Crippen molar-refractivity contribution in [2.75, 3.05) is 13.2 Å². The van der Waals surface area contributed by atoms with Crippen molar-refractivity contribution in [1.82, 2.24) is 9.88 Å². The molecular weight excluding hydrogens is 393 g/mol. The Labute approximate surface area is 164 Å². The second-order valence-electron chi connectivity index (χ2n) is 6.79. The number of alkyl halides is 3. The smallest absolute Gasteiger partial charge is 0.454 e. The molecule has 2 rings (SSSR count). The van der Waals surface area contributed by atoms with E-state index in [1.54, 1.807) is 13.8 Å². The van der Waals surface area contributed by atoms with Gasteiger partial charge in [0.25, 0.3) is 5.78 Å². The van der Waals surface area contributed by atoms with E-state index >= 15 is 0 Å². The molecule has 0 unspecified atom stereocenters. The van der Waals surface area contributed by atoms with E-state index in [9.17, 15) is 32.3 Å². The van der Waals surface area contributed by atoms with Gasteiger partial charge in [0, 0.05) is 30.1 Å². The zero-order valence-corrected chi connectivity index (χ0v) is 16.2. The molecule has 1 N–H and O–H groups in total. The number of allylic oxidation sites excluding steroid dienone is 1. The van der Waals surface area contributed by atoms with E-state index in [1.165, 1.54) is 11.8 Å². The number of carbonyl (C=O) groups is 4. The van der Waals surface area contributed by atoms with Crippen molar-refractivity contribution in [3.63, 3.8) is 0 Å². The van der Waals surface area contributed by atoms with Crippen LogP contribution in [0.3, 0.4) is 0 Å². The van der Waals surface area contributed by atoms with Gasteiger partial charge in [0.2, 0.25) is 5.78 Å². The number of H-pyrrole nitrogens is 1. The molecule has 0 amide bonds. The summed E-state index contributed by atoms with van der Waals surface area (Å²) in [4.78, 5) is 51.3. The van der Waals surface area contributed by atoms with Gasteiger partial charge in [-0.25, -0.2) is 4.79 Å². The summed E-state index contributed by atoms with van der Waals surface area (Å²) in [6, 6.07) is -0.876. The first-order chi connectivity index (χ1) is 13.4. The second kappa shape index (κ2) is 8.62. The van der Waals surface area contributed by atoms with Gasteiger partial charge in [-0.05, 0) is 39.2 Å². The number of hydrogen-bond acceptors (Lipinski definition) is 6. The van der Waals surface area contributed by atoms with Crippen molar-refractivity contribution in [3.05, 3.63) is 34.8 Å². The van der Waals surface area contributed by atoms with Gasteiger partial charge in [0.1, 0.15) is 6.04 Å². The van der Waals surface area contributed by atoms with Crippen LogP contribution in [0, 0.1) is 13.8 Å². The highest BCUT2D eigenvalue weighted by Crippen LogP contribution is 2.22. The highest BCUT2D eigenvalue weighted by atomic mass is 19.4. The lowest BCUT2D eigenvalue weighted by Crippen LogP contribution is -2.35. The van der Waals surface area contributed by atoms with Crippen LogP contribution in [0.25, 0.3) is 0 Å². The third-order valence-corrected chi connectivity index (χ3v) is 4.68. The zero-order valence-electron chi connectivity index (χ0n) is 16.2. The number of ketones is 3. The first-order valence-corrected chi connectivity index (χ1v) is 8.88. The molecule has 1 atom stereocenters. The molecule has 7 nitrogen and oxygen atoms in total. The third kappa shape index (κ3) is 5.12. The number of likely N-dealkylation sites (tertiary alicyclic amines) is 1. The van der Waals surface area contributed by atoms with Crippen LogP contribution in [-0.4, -0.2) is 58.6 Å². The van der Waals surface area contributed by atoms with E-state index in [1.807, 2.05) is 0 Å². The Morgan fingerprint density at radius 1 is 1.24 bits per heavy atom. The largest absolute Gasteiger partial charge is 0.456 e. The van der Waals surface area contributed by atoms with Crippen LogP contribution >= 0.6 is 0 Å². The van der Waals surface area contributed by atoms with Crippen LogP contribution in [0.2, 0.25) is 0 Å². The Kier molecular flexibility index (Phi) is 6.66. The fourth-order valence-corrected chi connectivity index (χ4v) is 3.34. The number of esters is 1. The number of aromatic nitrogens is 1. The van der Waals surface area contributed by atoms with Crippen LogP contribution in [0.1, 0.15) is 51.9 Å². The number of aryl methyl sites for hydroxylation is 1. The number of rotatable bonds is 7. The van der Waals surface area contributed by atoms with E-state index in [2.05, 4.69) is 4.98 Å². The van der Waals surface area contributed by atoms with Crippen molar-refractivity contribution < 1.29 is 37.1 Å². The van der Waals surface area contributed by atoms with Crippen molar-refractivity contribution >= 4 is 23.3 Å². The predicted octanol–water partition coefficient (Wildman–Crippen LogP) is 2.67. The molecule has 1 aliphatic heterocycles. The van der Waals surface area contributed by atoms with Gasteiger partial charge in [0.15, 0.2) is 12.4 Å². The van der Waals surface area contributed by atoms with Gasteiger partial charge in [-0.1, -0.05) is 0 Å². The monoisotopic (exact) mass is 414 g/mol. The molecule has 1 saturated heterocycles. The average molecular weight is 414 g/mol. The third-order valence-electron chi connectivity index (χ3n) is 4.68. The predicted molar refractivity (Wildman–Crippen MR) is 95.5 cm³/mol. The average Bonchev–Trinajstić information content (AvgIpc) is 3.20. The van der Waals surface area contributed by atoms with Crippen LogP contribution in [0.15, 0.2) is 12.3 Å². The minimum absolute atomic E-state index is 0.166. The molecule has 1 aromatic rings. The Hall–Kier alpha value is -2.91. The number of halogens is 3. The number of hydrogen-bond donors (Lipinski definition) is 1. The summed E-state index contributed by atoms with van der Waals surface area (Å²) in [5.74, 6) is -3.52. The van der Waals surface area contributed by atoms with E-state index in [-0.39, 0.29) is 18.0 Å². The topological polar surface area (TPSA) is 96.5 Å². The fraction of sp³-hybridized carbons (Fsp3) is 0.474. The van der Waals surface area contributed by atoms with Crippen LogP contribution < -0.4 is 0 Å². The highest BCUT2D eigenvalue weighted by Gasteiger charge is 2.37. The van der Waals surface area contributed by atoms with E-state index < -0.39 is 36.4 Å². The van der Waals surface area contributed by atoms with Crippen molar-refractivity contribution in [2.24, 2.45) is 0 Å². The van der Waals surface area contributed by atoms with E-state index in [4.69, 9.17) is 4.74 Å². The number of ether oxygens (including phenoxy) is 1. The summed E-state index contributed by atoms with van der Waals surface area (Å²) >= 11 is 0. The van der Waals surface area contributed by atoms with Crippen molar-refractivity contribution in [3.8, 4) is 0 Å². The van der Waals surface area contributed by atoms with Gasteiger partial charge in [-0.2, -0.15) is 13.2 Å². The number of aromatic amines is 1. The maximum absolute atomic E-state index is 12.4. The van der Waals surface area contributed by atoms with E-state index in [0.29, 0.717) is 35.7 Å². The molecule has 1 aromatic heterocycles. The Morgan fingerprint density at radius 2 is 1.90 bits per heavy atom. The van der Waals surface area contributed by atoms with Gasteiger partial charge in [-0.15, -0.1) is 0 Å². The lowest BCUT2D eigenvalue weighted by atomic mass is 10.1. The van der Waals surface area contributed by atoms with Crippen molar-refractivity contribution in [1.29, 1.82) is 0 Å². The summed E-state index contributed by atoms with van der Waals surface area (Å²) < 4.78 is 41.9. The minimum atomic E-state index is -4.98. The quantitative estimate of drug-likeness (QED) is 0.419. The summed E-state index contributed by atoms with van der Waals surface area (Å²) in [5.41, 5.74) is 1.57. The van der Waals surface area contributed by atoms with Crippen LogP contribution in [0.5, 0.6) is 0 Å². The number of nitrogens with one attached hydrogen (secondary N) is 1. The minimum Gasteiger partial charge on any atom is -0.456 e. The molecule has 1 fully saturated rings. The molecule has 0 radical (unpaired) electrons. The first kappa shape index (κ1) is 22.4. The van der Waals surface area contributed by atoms with Crippen LogP contribution in [-0.2, 0) is 14.3 Å². The van der Waals surface area contributed by atoms with E-state index in [0.717, 1.165) is 6.20 Å². The summed E-state index contributed by atoms with van der Waals surface area (Å²) in [5, 5.41) is 0. The lowest BCUT2D eigenvalue weighted by molar-refractivity contribution is -0.165. The fourth-order valence-electron chi connectivity index (χ4n) is 3.34. The van der Waals surface area contributed by atoms with Crippen molar-refractivity contribution in [2.45, 2.75) is 45.8 Å². The summed E-state index contributed by atoms with van der Waals surface area (Å²) in [6.07, 6.45) is -2.84. The molecule has 29 heavy (non-hydrogen) atoms. The molecule has 2 heterocycles. The molecule has 0 bridgehead atoms. The molecule has 0 aromatic carbocycles. The van der Waals surface area contributed by atoms with Gasteiger partial charge in [0.05, 0.1) is 5.69 Å². The molecule has 10 heteroatoms. The van der Waals surface area contributed by atoms with Gasteiger partial charge >= 0.3 is 12.1 Å². The molecule has 158 valence electrons. The number of nitrogens with zero attached hydrogens (tertiary/aromatic N) is 1. The zero-order chi connectivity index (χ0) is 21.9. The molecule has 1 aliphatic rings. The molecule has 0 spiro atoms. The Morgan fingerprint density at radius 3 is 2.45 bits per heavy atom. The van der Waals surface area contributed by atoms with Gasteiger partial charge < -0.3 is 14.6 Å². The maximum Gasteiger partial charge on any atom is 0.454 e. The summed E-state index contributed by atoms with van der Waals surface area (Å²) in [7, 11) is 0. The standard InChI is InChI=1S/C19H21F3N2O5/c1-10-16(12(3)25)11(2)23-17(10)14(26)9-29-18(28)13-5-4-7-24(13)8-6-15(27)19(20,21)22/h6,8,13,23H,4-5,7,9H2,1-3H3/t13-/m0/s1. The Balaban J connectivity index is 2.00.